The fourth-order valence-electron chi connectivity index (χ4n) is 3.07. The Labute approximate surface area is 167 Å². The fraction of sp³-hybridized carbons (Fsp3) is 0.105. The number of aromatic nitrogens is 5. The summed E-state index contributed by atoms with van der Waals surface area (Å²) in [6.45, 7) is 0.0164. The number of rotatable bonds is 3. The molecule has 4 rings (SSSR count). The third-order valence-corrected chi connectivity index (χ3v) is 4.42. The maximum atomic E-state index is 13.1. The van der Waals surface area contributed by atoms with Gasteiger partial charge in [0.05, 0.1) is 29.4 Å². The highest BCUT2D eigenvalue weighted by Gasteiger charge is 2.33. The van der Waals surface area contributed by atoms with Crippen LogP contribution in [-0.2, 0) is 12.7 Å². The Hall–Kier alpha value is -4.20. The van der Waals surface area contributed by atoms with Gasteiger partial charge in [-0.05, 0) is 29.8 Å². The molecular weight excluding hydrogens is 397 g/mol. The largest absolute Gasteiger partial charge is 0.418 e. The summed E-state index contributed by atoms with van der Waals surface area (Å²) >= 11 is 0. The summed E-state index contributed by atoms with van der Waals surface area (Å²) in [6.07, 6.45) is -1.60. The highest BCUT2D eigenvalue weighted by atomic mass is 19.4. The van der Waals surface area contributed by atoms with Crippen LogP contribution >= 0.6 is 0 Å². The minimum atomic E-state index is -4.56. The van der Waals surface area contributed by atoms with Crippen LogP contribution < -0.4 is 11.5 Å². The summed E-state index contributed by atoms with van der Waals surface area (Å²) in [6, 6.07) is 8.84. The van der Waals surface area contributed by atoms with E-state index in [1.165, 1.54) is 29.2 Å². The first kappa shape index (κ1) is 19.1. The lowest BCUT2D eigenvalue weighted by Crippen LogP contribution is -2.11. The van der Waals surface area contributed by atoms with Crippen molar-refractivity contribution >= 4 is 22.7 Å². The van der Waals surface area contributed by atoms with Gasteiger partial charge in [0.25, 0.3) is 0 Å². The van der Waals surface area contributed by atoms with E-state index in [-0.39, 0.29) is 23.9 Å². The Balaban J connectivity index is 1.80. The summed E-state index contributed by atoms with van der Waals surface area (Å²) in [5.74, 6) is -0.0390. The maximum absolute atomic E-state index is 13.1. The summed E-state index contributed by atoms with van der Waals surface area (Å²) in [4.78, 5) is 12.3. The molecule has 4 aromatic rings. The summed E-state index contributed by atoms with van der Waals surface area (Å²) in [5, 5.41) is 13.8. The van der Waals surface area contributed by atoms with Gasteiger partial charge in [-0.25, -0.2) is 14.6 Å². The molecule has 4 N–H and O–H groups in total. The van der Waals surface area contributed by atoms with Crippen LogP contribution in [0.1, 0.15) is 16.8 Å². The number of nitrogens with zero attached hydrogens (tertiary/aromatic N) is 6. The SMILES string of the molecule is N#Cc1cc(-c2nc(N)nc3c2cnn3Cc2ccc(N)c(C(F)(F)F)c2)ccn1. The van der Waals surface area contributed by atoms with Crippen LogP contribution in [0.3, 0.4) is 0 Å². The maximum Gasteiger partial charge on any atom is 0.418 e. The second-order valence-corrected chi connectivity index (χ2v) is 6.43. The lowest BCUT2D eigenvalue weighted by molar-refractivity contribution is -0.136. The molecule has 30 heavy (non-hydrogen) atoms. The first-order valence-electron chi connectivity index (χ1n) is 8.57. The van der Waals surface area contributed by atoms with Gasteiger partial charge in [-0.3, -0.25) is 0 Å². The first-order valence-corrected chi connectivity index (χ1v) is 8.57. The lowest BCUT2D eigenvalue weighted by Gasteiger charge is -2.12. The van der Waals surface area contributed by atoms with Crippen LogP contribution in [0.5, 0.6) is 0 Å². The topological polar surface area (TPSA) is 132 Å². The Morgan fingerprint density at radius 3 is 2.63 bits per heavy atom. The molecule has 0 spiro atoms. The molecule has 3 heterocycles. The molecule has 0 saturated heterocycles. The standard InChI is InChI=1S/C19H13F3N8/c20-19(21,22)14-5-10(1-2-15(14)24)9-30-17-13(8-27-30)16(28-18(25)29-17)11-3-4-26-12(6-11)7-23/h1-6,8H,9,24H2,(H2,25,28,29). The van der Waals surface area contributed by atoms with Gasteiger partial charge in [-0.15, -0.1) is 0 Å². The number of hydrogen-bond acceptors (Lipinski definition) is 7. The molecule has 0 radical (unpaired) electrons. The van der Waals surface area contributed by atoms with Gasteiger partial charge < -0.3 is 11.5 Å². The van der Waals surface area contributed by atoms with Crippen molar-refractivity contribution in [1.29, 1.82) is 5.26 Å². The van der Waals surface area contributed by atoms with Gasteiger partial charge in [0.1, 0.15) is 11.8 Å². The van der Waals surface area contributed by atoms with E-state index in [0.29, 0.717) is 27.9 Å². The van der Waals surface area contributed by atoms with E-state index in [1.54, 1.807) is 12.1 Å². The van der Waals surface area contributed by atoms with Gasteiger partial charge in [-0.2, -0.15) is 28.5 Å². The Kier molecular flexibility index (Phi) is 4.46. The van der Waals surface area contributed by atoms with Crippen molar-refractivity contribution in [2.75, 3.05) is 11.5 Å². The van der Waals surface area contributed by atoms with Crippen molar-refractivity contribution in [3.05, 3.63) is 59.5 Å². The minimum Gasteiger partial charge on any atom is -0.398 e. The molecule has 0 fully saturated rings. The van der Waals surface area contributed by atoms with E-state index in [9.17, 15) is 13.2 Å². The van der Waals surface area contributed by atoms with Crippen molar-refractivity contribution in [2.24, 2.45) is 0 Å². The third kappa shape index (κ3) is 3.46. The van der Waals surface area contributed by atoms with Crippen LogP contribution in [0.15, 0.2) is 42.7 Å². The first-order chi connectivity index (χ1) is 14.3. The predicted molar refractivity (Wildman–Crippen MR) is 103 cm³/mol. The Morgan fingerprint density at radius 1 is 1.10 bits per heavy atom. The minimum absolute atomic E-state index is 0.0164. The molecule has 0 amide bonds. The van der Waals surface area contributed by atoms with Crippen LogP contribution in [0.25, 0.3) is 22.3 Å². The molecule has 0 aliphatic rings. The molecule has 0 aliphatic carbocycles. The van der Waals surface area contributed by atoms with E-state index >= 15 is 0 Å². The van der Waals surface area contributed by atoms with E-state index in [0.717, 1.165) is 6.07 Å². The average Bonchev–Trinajstić information content (AvgIpc) is 3.10. The van der Waals surface area contributed by atoms with Gasteiger partial charge in [-0.1, -0.05) is 6.07 Å². The number of pyridine rings is 1. The normalized spacial score (nSPS) is 11.5. The Morgan fingerprint density at radius 2 is 1.90 bits per heavy atom. The number of anilines is 2. The van der Waals surface area contributed by atoms with Gasteiger partial charge >= 0.3 is 6.18 Å². The van der Waals surface area contributed by atoms with E-state index < -0.39 is 11.7 Å². The van der Waals surface area contributed by atoms with Gasteiger partial charge in [0.2, 0.25) is 5.95 Å². The molecule has 0 aliphatic heterocycles. The number of fused-ring (bicyclic) bond motifs is 1. The molecule has 3 aromatic heterocycles. The number of alkyl halides is 3. The number of halogens is 3. The molecule has 0 atom stereocenters. The average molecular weight is 410 g/mol. The Bertz CT molecular complexity index is 1300. The molecule has 0 saturated carbocycles. The van der Waals surface area contributed by atoms with Crippen LogP contribution in [0.4, 0.5) is 24.8 Å². The second-order valence-electron chi connectivity index (χ2n) is 6.43. The zero-order valence-electron chi connectivity index (χ0n) is 15.2. The molecule has 1 aromatic carbocycles. The lowest BCUT2D eigenvalue weighted by atomic mass is 10.1. The fourth-order valence-corrected chi connectivity index (χ4v) is 3.07. The number of hydrogen-bond donors (Lipinski definition) is 2. The van der Waals surface area contributed by atoms with Crippen LogP contribution in [0, 0.1) is 11.3 Å². The second kappa shape index (κ2) is 7.00. The monoisotopic (exact) mass is 410 g/mol. The number of nitrogen functional groups attached to an aromatic ring is 2. The quantitative estimate of drug-likeness (QED) is 0.496. The molecule has 0 bridgehead atoms. The number of nitriles is 1. The van der Waals surface area contributed by atoms with Crippen molar-refractivity contribution in [3.8, 4) is 17.3 Å². The van der Waals surface area contributed by atoms with Crippen molar-refractivity contribution in [3.63, 3.8) is 0 Å². The van der Waals surface area contributed by atoms with Crippen LogP contribution in [-0.4, -0.2) is 24.7 Å². The zero-order valence-corrected chi connectivity index (χ0v) is 15.2. The van der Waals surface area contributed by atoms with Gasteiger partial charge in [0.15, 0.2) is 5.65 Å². The van der Waals surface area contributed by atoms with Crippen LogP contribution in [0.2, 0.25) is 0 Å². The highest BCUT2D eigenvalue weighted by molar-refractivity contribution is 5.91. The zero-order chi connectivity index (χ0) is 21.5. The molecule has 8 nitrogen and oxygen atoms in total. The summed E-state index contributed by atoms with van der Waals surface area (Å²) in [7, 11) is 0. The highest BCUT2D eigenvalue weighted by Crippen LogP contribution is 2.34. The van der Waals surface area contributed by atoms with Crippen molar-refractivity contribution < 1.29 is 13.2 Å². The molecule has 0 unspecified atom stereocenters. The predicted octanol–water partition coefficient (Wildman–Crippen LogP) is 2.99. The van der Waals surface area contributed by atoms with Crippen molar-refractivity contribution in [1.82, 2.24) is 24.7 Å². The smallest absolute Gasteiger partial charge is 0.398 e. The molecular formula is C19H13F3N8. The van der Waals surface area contributed by atoms with Crippen molar-refractivity contribution in [2.45, 2.75) is 12.7 Å². The van der Waals surface area contributed by atoms with E-state index in [4.69, 9.17) is 16.7 Å². The van der Waals surface area contributed by atoms with E-state index in [1.807, 2.05) is 6.07 Å². The third-order valence-electron chi connectivity index (χ3n) is 4.42. The van der Waals surface area contributed by atoms with Gasteiger partial charge in [0, 0.05) is 17.4 Å². The summed E-state index contributed by atoms with van der Waals surface area (Å²) < 4.78 is 40.9. The summed E-state index contributed by atoms with van der Waals surface area (Å²) in [5.41, 5.74) is 12.0. The van der Waals surface area contributed by atoms with E-state index in [2.05, 4.69) is 20.1 Å². The molecule has 150 valence electrons. The molecule has 11 heteroatoms. The number of nitrogens with two attached hydrogens (primary N) is 2. The number of benzene rings is 1.